The van der Waals surface area contributed by atoms with Gasteiger partial charge in [0, 0.05) is 12.2 Å². The molecule has 0 bridgehead atoms. The molecule has 1 N–H and O–H groups in total. The van der Waals surface area contributed by atoms with Gasteiger partial charge in [-0.15, -0.1) is 0 Å². The first-order valence-electron chi connectivity index (χ1n) is 7.36. The summed E-state index contributed by atoms with van der Waals surface area (Å²) in [7, 11) is 0. The van der Waals surface area contributed by atoms with Crippen molar-refractivity contribution >= 4 is 0 Å². The molecule has 1 saturated carbocycles. The van der Waals surface area contributed by atoms with Gasteiger partial charge in [0.25, 0.3) is 0 Å². The van der Waals surface area contributed by atoms with E-state index >= 15 is 0 Å². The lowest BCUT2D eigenvalue weighted by Crippen LogP contribution is -2.44. The highest BCUT2D eigenvalue weighted by Crippen LogP contribution is 2.44. The monoisotopic (exact) mass is 302 g/mol. The Bertz CT molecular complexity index is 503. The van der Waals surface area contributed by atoms with Crippen LogP contribution < -0.4 is 0 Å². The fourth-order valence-electron chi connectivity index (χ4n) is 3.32. The summed E-state index contributed by atoms with van der Waals surface area (Å²) in [5.74, 6) is -3.82. The van der Waals surface area contributed by atoms with Crippen LogP contribution in [0.5, 0.6) is 0 Å². The number of halogens is 3. The second-order valence-electron chi connectivity index (χ2n) is 5.87. The van der Waals surface area contributed by atoms with Crippen molar-refractivity contribution in [2.45, 2.75) is 51.2 Å². The van der Waals surface area contributed by atoms with E-state index in [1.807, 2.05) is 6.92 Å². The van der Waals surface area contributed by atoms with E-state index in [1.54, 1.807) is 6.92 Å². The van der Waals surface area contributed by atoms with Crippen molar-refractivity contribution in [1.29, 1.82) is 0 Å². The summed E-state index contributed by atoms with van der Waals surface area (Å²) in [5, 5.41) is 10.6. The van der Waals surface area contributed by atoms with Gasteiger partial charge in [-0.05, 0) is 31.7 Å². The topological polar surface area (TPSA) is 29.5 Å². The Morgan fingerprint density at radius 2 is 2.05 bits per heavy atom. The second kappa shape index (κ2) is 6.36. The molecular weight excluding hydrogens is 281 g/mol. The molecule has 0 aliphatic heterocycles. The van der Waals surface area contributed by atoms with Gasteiger partial charge in [0.05, 0.1) is 5.60 Å². The summed E-state index contributed by atoms with van der Waals surface area (Å²) >= 11 is 0. The Kier molecular flexibility index (Phi) is 4.94. The van der Waals surface area contributed by atoms with Crippen LogP contribution in [0.15, 0.2) is 12.1 Å². The normalized spacial score (nSPS) is 27.6. The molecule has 1 fully saturated rings. The average Bonchev–Trinajstić information content (AvgIpc) is 2.45. The highest BCUT2D eigenvalue weighted by atomic mass is 19.2. The standard InChI is InChI=1S/C16H21F3O2/c1-3-21-16(8-4-5-10(2)9-16)15(20)11-6-7-12(17)14(19)13(11)18/h6-7,10,15,20H,3-5,8-9H2,1-2H3. The zero-order chi connectivity index (χ0) is 15.6. The molecule has 0 spiro atoms. The van der Waals surface area contributed by atoms with Crippen LogP contribution in [0.1, 0.15) is 51.2 Å². The zero-order valence-corrected chi connectivity index (χ0v) is 12.3. The minimum Gasteiger partial charge on any atom is -0.385 e. The van der Waals surface area contributed by atoms with Crippen LogP contribution in [-0.4, -0.2) is 17.3 Å². The SMILES string of the molecule is CCOC1(C(O)c2ccc(F)c(F)c2F)CCCC(C)C1. The van der Waals surface area contributed by atoms with E-state index in [0.717, 1.165) is 25.0 Å². The molecule has 0 aromatic heterocycles. The Labute approximate surface area is 122 Å². The van der Waals surface area contributed by atoms with Gasteiger partial charge < -0.3 is 9.84 Å². The molecule has 21 heavy (non-hydrogen) atoms. The Morgan fingerprint density at radius 3 is 2.67 bits per heavy atom. The molecule has 2 rings (SSSR count). The van der Waals surface area contributed by atoms with E-state index < -0.39 is 29.2 Å². The molecule has 3 unspecified atom stereocenters. The van der Waals surface area contributed by atoms with Gasteiger partial charge in [-0.1, -0.05) is 25.8 Å². The highest BCUT2D eigenvalue weighted by Gasteiger charge is 2.44. The molecular formula is C16H21F3O2. The van der Waals surface area contributed by atoms with E-state index in [0.29, 0.717) is 25.4 Å². The molecule has 1 aliphatic carbocycles. The van der Waals surface area contributed by atoms with Gasteiger partial charge in [-0.2, -0.15) is 0 Å². The van der Waals surface area contributed by atoms with Crippen molar-refractivity contribution in [2.24, 2.45) is 5.92 Å². The molecule has 3 atom stereocenters. The van der Waals surface area contributed by atoms with Gasteiger partial charge in [0.15, 0.2) is 17.5 Å². The Hall–Kier alpha value is -1.07. The highest BCUT2D eigenvalue weighted by molar-refractivity contribution is 5.25. The van der Waals surface area contributed by atoms with Crippen LogP contribution in [0.4, 0.5) is 13.2 Å². The van der Waals surface area contributed by atoms with Crippen LogP contribution in [0.3, 0.4) is 0 Å². The van der Waals surface area contributed by atoms with Gasteiger partial charge in [0.2, 0.25) is 0 Å². The van der Waals surface area contributed by atoms with Crippen LogP contribution >= 0.6 is 0 Å². The quantitative estimate of drug-likeness (QED) is 0.848. The fourth-order valence-corrected chi connectivity index (χ4v) is 3.32. The lowest BCUT2D eigenvalue weighted by molar-refractivity contribution is -0.150. The van der Waals surface area contributed by atoms with Crippen molar-refractivity contribution < 1.29 is 23.0 Å². The number of benzene rings is 1. The van der Waals surface area contributed by atoms with Crippen LogP contribution in [-0.2, 0) is 4.74 Å². The Morgan fingerprint density at radius 1 is 1.33 bits per heavy atom. The summed E-state index contributed by atoms with van der Waals surface area (Å²) in [6, 6.07) is 1.93. The maximum absolute atomic E-state index is 13.9. The van der Waals surface area contributed by atoms with Gasteiger partial charge >= 0.3 is 0 Å². The first-order valence-corrected chi connectivity index (χ1v) is 7.36. The summed E-state index contributed by atoms with van der Waals surface area (Å²) in [4.78, 5) is 0. The zero-order valence-electron chi connectivity index (χ0n) is 12.3. The molecule has 0 heterocycles. The number of rotatable bonds is 4. The largest absolute Gasteiger partial charge is 0.385 e. The van der Waals surface area contributed by atoms with E-state index in [4.69, 9.17) is 4.74 Å². The maximum Gasteiger partial charge on any atom is 0.194 e. The second-order valence-corrected chi connectivity index (χ2v) is 5.87. The van der Waals surface area contributed by atoms with Gasteiger partial charge in [-0.25, -0.2) is 13.2 Å². The molecule has 0 radical (unpaired) electrons. The van der Waals surface area contributed by atoms with E-state index in [9.17, 15) is 18.3 Å². The first kappa shape index (κ1) is 16.3. The van der Waals surface area contributed by atoms with Crippen LogP contribution in [0, 0.1) is 23.4 Å². The van der Waals surface area contributed by atoms with Crippen LogP contribution in [0.2, 0.25) is 0 Å². The number of aliphatic hydroxyl groups excluding tert-OH is 1. The molecule has 1 aliphatic rings. The third kappa shape index (κ3) is 3.09. The summed E-state index contributed by atoms with van der Waals surface area (Å²) in [5.41, 5.74) is -1.17. The average molecular weight is 302 g/mol. The third-order valence-corrected chi connectivity index (χ3v) is 4.28. The van der Waals surface area contributed by atoms with E-state index in [2.05, 4.69) is 0 Å². The third-order valence-electron chi connectivity index (χ3n) is 4.28. The van der Waals surface area contributed by atoms with Crippen molar-refractivity contribution in [3.63, 3.8) is 0 Å². The fraction of sp³-hybridized carbons (Fsp3) is 0.625. The van der Waals surface area contributed by atoms with E-state index in [-0.39, 0.29) is 5.56 Å². The minimum atomic E-state index is -1.55. The summed E-state index contributed by atoms with van der Waals surface area (Å²) in [6.45, 7) is 4.21. The van der Waals surface area contributed by atoms with Crippen molar-refractivity contribution in [2.75, 3.05) is 6.61 Å². The Balaban J connectivity index is 2.39. The number of hydrogen-bond donors (Lipinski definition) is 1. The molecule has 5 heteroatoms. The minimum absolute atomic E-state index is 0.239. The number of aliphatic hydroxyl groups is 1. The van der Waals surface area contributed by atoms with Crippen molar-refractivity contribution in [3.8, 4) is 0 Å². The lowest BCUT2D eigenvalue weighted by atomic mass is 9.74. The van der Waals surface area contributed by atoms with E-state index in [1.165, 1.54) is 0 Å². The van der Waals surface area contributed by atoms with Crippen LogP contribution in [0.25, 0.3) is 0 Å². The number of ether oxygens (including phenoxy) is 1. The molecule has 1 aromatic rings. The predicted molar refractivity (Wildman–Crippen MR) is 73.3 cm³/mol. The molecule has 0 saturated heterocycles. The number of hydrogen-bond acceptors (Lipinski definition) is 2. The van der Waals surface area contributed by atoms with Crippen molar-refractivity contribution in [1.82, 2.24) is 0 Å². The van der Waals surface area contributed by atoms with Crippen molar-refractivity contribution in [3.05, 3.63) is 35.1 Å². The lowest BCUT2D eigenvalue weighted by Gasteiger charge is -2.43. The first-order chi connectivity index (χ1) is 9.91. The molecule has 1 aromatic carbocycles. The molecule has 2 nitrogen and oxygen atoms in total. The maximum atomic E-state index is 13.9. The summed E-state index contributed by atoms with van der Waals surface area (Å²) < 4.78 is 46.1. The van der Waals surface area contributed by atoms with Gasteiger partial charge in [-0.3, -0.25) is 0 Å². The summed E-state index contributed by atoms with van der Waals surface area (Å²) in [6.07, 6.45) is 1.70. The molecule has 0 amide bonds. The molecule has 118 valence electrons. The predicted octanol–water partition coefficient (Wildman–Crippen LogP) is 4.12. The van der Waals surface area contributed by atoms with Gasteiger partial charge in [0.1, 0.15) is 6.10 Å². The smallest absolute Gasteiger partial charge is 0.194 e.